The van der Waals surface area contributed by atoms with Crippen molar-refractivity contribution >= 4 is 27.5 Å². The van der Waals surface area contributed by atoms with Gasteiger partial charge in [-0.05, 0) is 42.1 Å². The van der Waals surface area contributed by atoms with Gasteiger partial charge in [-0.15, -0.1) is 0 Å². The zero-order chi connectivity index (χ0) is 14.5. The molecule has 0 saturated heterocycles. The summed E-state index contributed by atoms with van der Waals surface area (Å²) in [6.45, 7) is 10.0. The molecule has 0 heterocycles. The van der Waals surface area contributed by atoms with Crippen LogP contribution in [0.15, 0.2) is 28.7 Å². The molecule has 1 atom stereocenters. The van der Waals surface area contributed by atoms with Crippen LogP contribution in [0.2, 0.25) is 0 Å². The number of anilines is 1. The van der Waals surface area contributed by atoms with E-state index in [1.54, 1.807) is 0 Å². The first-order valence-corrected chi connectivity index (χ1v) is 7.34. The molecule has 1 unspecified atom stereocenters. The molecular weight excluding hydrogens is 304 g/mol. The second-order valence-corrected chi connectivity index (χ2v) is 6.87. The van der Waals surface area contributed by atoms with Gasteiger partial charge >= 0.3 is 0 Å². The molecule has 19 heavy (non-hydrogen) atoms. The predicted molar refractivity (Wildman–Crippen MR) is 84.3 cm³/mol. The Morgan fingerprint density at radius 3 is 2.37 bits per heavy atom. The van der Waals surface area contributed by atoms with Crippen LogP contribution in [0.1, 0.15) is 27.7 Å². The van der Waals surface area contributed by atoms with E-state index < -0.39 is 0 Å². The van der Waals surface area contributed by atoms with Crippen molar-refractivity contribution in [3.05, 3.63) is 28.7 Å². The Labute approximate surface area is 124 Å². The molecule has 1 rings (SSSR count). The van der Waals surface area contributed by atoms with Gasteiger partial charge in [0.05, 0.1) is 6.54 Å². The van der Waals surface area contributed by atoms with Gasteiger partial charge in [-0.3, -0.25) is 4.79 Å². The van der Waals surface area contributed by atoms with Gasteiger partial charge in [0.25, 0.3) is 0 Å². The maximum atomic E-state index is 11.7. The Kier molecular flexibility index (Phi) is 6.01. The van der Waals surface area contributed by atoms with E-state index >= 15 is 0 Å². The molecule has 1 aromatic rings. The van der Waals surface area contributed by atoms with Gasteiger partial charge in [0.1, 0.15) is 0 Å². The first-order valence-electron chi connectivity index (χ1n) is 6.55. The Morgan fingerprint density at radius 2 is 1.84 bits per heavy atom. The van der Waals surface area contributed by atoms with Gasteiger partial charge in [0.2, 0.25) is 5.91 Å². The average molecular weight is 327 g/mol. The summed E-state index contributed by atoms with van der Waals surface area (Å²) in [5, 5.41) is 6.06. The lowest BCUT2D eigenvalue weighted by Crippen LogP contribution is -2.34. The van der Waals surface area contributed by atoms with Crippen molar-refractivity contribution in [2.24, 2.45) is 11.3 Å². The lowest BCUT2D eigenvalue weighted by molar-refractivity contribution is -0.115. The van der Waals surface area contributed by atoms with Crippen LogP contribution >= 0.6 is 15.9 Å². The van der Waals surface area contributed by atoms with E-state index in [9.17, 15) is 4.79 Å². The van der Waals surface area contributed by atoms with Gasteiger partial charge in [-0.25, -0.2) is 0 Å². The van der Waals surface area contributed by atoms with Crippen LogP contribution < -0.4 is 10.6 Å². The van der Waals surface area contributed by atoms with Crippen molar-refractivity contribution in [3.8, 4) is 0 Å². The summed E-state index contributed by atoms with van der Waals surface area (Å²) in [6, 6.07) is 7.56. The van der Waals surface area contributed by atoms with Crippen molar-refractivity contribution in [2.75, 3.05) is 18.4 Å². The normalized spacial score (nSPS) is 13.1. The average Bonchev–Trinajstić information content (AvgIpc) is 2.31. The SMILES string of the molecule is CC(CNCC(=O)Nc1ccc(Br)cc1)C(C)(C)C. The maximum Gasteiger partial charge on any atom is 0.238 e. The van der Waals surface area contributed by atoms with Gasteiger partial charge in [0, 0.05) is 10.2 Å². The van der Waals surface area contributed by atoms with E-state index in [1.165, 1.54) is 0 Å². The number of carbonyl (C=O) groups excluding carboxylic acids is 1. The first-order chi connectivity index (χ1) is 8.79. The molecule has 1 aromatic carbocycles. The fourth-order valence-electron chi connectivity index (χ4n) is 1.45. The third-order valence-electron chi connectivity index (χ3n) is 3.34. The zero-order valence-electron chi connectivity index (χ0n) is 12.1. The Hall–Kier alpha value is -0.870. The van der Waals surface area contributed by atoms with Crippen molar-refractivity contribution in [1.82, 2.24) is 5.32 Å². The molecule has 0 spiro atoms. The van der Waals surface area contributed by atoms with Crippen LogP contribution in [0.4, 0.5) is 5.69 Å². The number of hydrogen-bond acceptors (Lipinski definition) is 2. The number of rotatable bonds is 5. The van der Waals surface area contributed by atoms with Crippen LogP contribution in [-0.2, 0) is 4.79 Å². The second kappa shape index (κ2) is 7.06. The highest BCUT2D eigenvalue weighted by atomic mass is 79.9. The first kappa shape index (κ1) is 16.2. The third kappa shape index (κ3) is 6.21. The maximum absolute atomic E-state index is 11.7. The molecule has 0 bridgehead atoms. The number of nitrogens with one attached hydrogen (secondary N) is 2. The molecule has 2 N–H and O–H groups in total. The molecule has 0 saturated carbocycles. The van der Waals surface area contributed by atoms with E-state index in [1.807, 2.05) is 24.3 Å². The number of benzene rings is 1. The van der Waals surface area contributed by atoms with Crippen LogP contribution in [0, 0.1) is 11.3 Å². The van der Waals surface area contributed by atoms with Crippen LogP contribution in [0.3, 0.4) is 0 Å². The van der Waals surface area contributed by atoms with E-state index in [0.717, 1.165) is 16.7 Å². The Bertz CT molecular complexity index is 409. The van der Waals surface area contributed by atoms with Gasteiger partial charge < -0.3 is 10.6 Å². The standard InChI is InChI=1S/C15H23BrN2O/c1-11(15(2,3)4)9-17-10-14(19)18-13-7-5-12(16)6-8-13/h5-8,11,17H,9-10H2,1-4H3,(H,18,19). The van der Waals surface area contributed by atoms with Crippen LogP contribution in [0.25, 0.3) is 0 Å². The van der Waals surface area contributed by atoms with Crippen molar-refractivity contribution < 1.29 is 4.79 Å². The summed E-state index contributed by atoms with van der Waals surface area (Å²) in [5.74, 6) is 0.511. The van der Waals surface area contributed by atoms with Crippen molar-refractivity contribution in [1.29, 1.82) is 0 Å². The summed E-state index contributed by atoms with van der Waals surface area (Å²) < 4.78 is 1.00. The molecule has 1 amide bonds. The predicted octanol–water partition coefficient (Wildman–Crippen LogP) is 3.66. The Balaban J connectivity index is 2.31. The number of hydrogen-bond donors (Lipinski definition) is 2. The molecule has 4 heteroatoms. The highest BCUT2D eigenvalue weighted by Crippen LogP contribution is 2.24. The molecule has 0 aliphatic heterocycles. The highest BCUT2D eigenvalue weighted by Gasteiger charge is 2.19. The Morgan fingerprint density at radius 1 is 1.26 bits per heavy atom. The molecular formula is C15H23BrN2O. The van der Waals surface area contributed by atoms with Crippen LogP contribution in [0.5, 0.6) is 0 Å². The summed E-state index contributed by atoms with van der Waals surface area (Å²) in [7, 11) is 0. The summed E-state index contributed by atoms with van der Waals surface area (Å²) in [4.78, 5) is 11.7. The fourth-order valence-corrected chi connectivity index (χ4v) is 1.71. The molecule has 0 aliphatic rings. The largest absolute Gasteiger partial charge is 0.325 e. The van der Waals surface area contributed by atoms with Crippen LogP contribution in [-0.4, -0.2) is 19.0 Å². The van der Waals surface area contributed by atoms with Crippen molar-refractivity contribution in [2.45, 2.75) is 27.7 Å². The van der Waals surface area contributed by atoms with E-state index in [-0.39, 0.29) is 11.3 Å². The van der Waals surface area contributed by atoms with Gasteiger partial charge in [0.15, 0.2) is 0 Å². The zero-order valence-corrected chi connectivity index (χ0v) is 13.7. The molecule has 3 nitrogen and oxygen atoms in total. The number of carbonyl (C=O) groups is 1. The van der Waals surface area contributed by atoms with E-state index in [2.05, 4.69) is 54.3 Å². The lowest BCUT2D eigenvalue weighted by Gasteiger charge is -2.27. The van der Waals surface area contributed by atoms with Gasteiger partial charge in [-0.2, -0.15) is 0 Å². The topological polar surface area (TPSA) is 41.1 Å². The second-order valence-electron chi connectivity index (χ2n) is 5.95. The molecule has 106 valence electrons. The minimum Gasteiger partial charge on any atom is -0.325 e. The minimum absolute atomic E-state index is 0.0107. The quantitative estimate of drug-likeness (QED) is 0.866. The smallest absolute Gasteiger partial charge is 0.238 e. The number of halogens is 1. The highest BCUT2D eigenvalue weighted by molar-refractivity contribution is 9.10. The van der Waals surface area contributed by atoms with E-state index in [0.29, 0.717) is 12.5 Å². The third-order valence-corrected chi connectivity index (χ3v) is 3.87. The minimum atomic E-state index is -0.0107. The monoisotopic (exact) mass is 326 g/mol. The van der Waals surface area contributed by atoms with Crippen molar-refractivity contribution in [3.63, 3.8) is 0 Å². The lowest BCUT2D eigenvalue weighted by atomic mass is 9.82. The molecule has 0 aliphatic carbocycles. The van der Waals surface area contributed by atoms with E-state index in [4.69, 9.17) is 0 Å². The summed E-state index contributed by atoms with van der Waals surface area (Å²) in [5.41, 5.74) is 1.08. The summed E-state index contributed by atoms with van der Waals surface area (Å²) in [6.07, 6.45) is 0. The molecule has 0 aromatic heterocycles. The number of amides is 1. The molecule has 0 fully saturated rings. The molecule has 0 radical (unpaired) electrons. The summed E-state index contributed by atoms with van der Waals surface area (Å²) >= 11 is 3.36. The van der Waals surface area contributed by atoms with Gasteiger partial charge in [-0.1, -0.05) is 43.6 Å². The fraction of sp³-hybridized carbons (Fsp3) is 0.533.